The zero-order valence-electron chi connectivity index (χ0n) is 11.6. The van der Waals surface area contributed by atoms with E-state index in [9.17, 15) is 14.7 Å². The van der Waals surface area contributed by atoms with Gasteiger partial charge >= 0.3 is 0 Å². The van der Waals surface area contributed by atoms with Crippen molar-refractivity contribution in [3.05, 3.63) is 0 Å². The number of nitrogens with one attached hydrogen (secondary N) is 2. The van der Waals surface area contributed by atoms with Crippen molar-refractivity contribution in [1.29, 1.82) is 0 Å². The van der Waals surface area contributed by atoms with Crippen molar-refractivity contribution in [3.63, 3.8) is 0 Å². The number of carbonyl (C=O) groups excluding carboxylic acids is 2. The number of aliphatic hydroxyl groups is 1. The van der Waals surface area contributed by atoms with Crippen LogP contribution in [0.4, 0.5) is 0 Å². The van der Waals surface area contributed by atoms with Crippen LogP contribution in [-0.2, 0) is 9.59 Å². The molecule has 0 aromatic carbocycles. The Hall–Kier alpha value is -1.10. The van der Waals surface area contributed by atoms with Crippen molar-refractivity contribution in [2.75, 3.05) is 13.2 Å². The van der Waals surface area contributed by atoms with Crippen molar-refractivity contribution in [2.24, 2.45) is 11.8 Å². The van der Waals surface area contributed by atoms with Crippen LogP contribution in [0.15, 0.2) is 0 Å². The summed E-state index contributed by atoms with van der Waals surface area (Å²) < 4.78 is 0. The summed E-state index contributed by atoms with van der Waals surface area (Å²) in [6.45, 7) is 2.63. The van der Waals surface area contributed by atoms with Crippen LogP contribution < -0.4 is 10.6 Å². The van der Waals surface area contributed by atoms with Crippen molar-refractivity contribution >= 4 is 11.8 Å². The Kier molecular flexibility index (Phi) is 4.45. The Labute approximate surface area is 114 Å². The van der Waals surface area contributed by atoms with Crippen molar-refractivity contribution in [2.45, 2.75) is 51.0 Å². The average molecular weight is 268 g/mol. The number of rotatable bonds is 3. The molecule has 0 radical (unpaired) electrons. The first kappa shape index (κ1) is 14.3. The van der Waals surface area contributed by atoms with Gasteiger partial charge in [0.15, 0.2) is 0 Å². The van der Waals surface area contributed by atoms with Crippen molar-refractivity contribution < 1.29 is 14.7 Å². The number of carbonyl (C=O) groups is 2. The molecule has 1 unspecified atom stereocenters. The maximum Gasteiger partial charge on any atom is 0.225 e. The highest BCUT2D eigenvalue weighted by molar-refractivity contribution is 5.84. The molecular formula is C14H24N2O3. The largest absolute Gasteiger partial charge is 0.394 e. The standard InChI is InChI=1S/C14H24N2O3/c1-10-4-6-14(9-17,7-5-10)16-13(19)11-2-3-12(18)15-8-11/h10-11,17H,2-9H2,1H3,(H,15,18)(H,16,19). The van der Waals surface area contributed by atoms with Gasteiger partial charge in [-0.3, -0.25) is 9.59 Å². The molecule has 2 aliphatic rings. The smallest absolute Gasteiger partial charge is 0.225 e. The predicted octanol–water partition coefficient (Wildman–Crippen LogP) is 0.570. The molecule has 5 nitrogen and oxygen atoms in total. The van der Waals surface area contributed by atoms with Gasteiger partial charge in [0.2, 0.25) is 11.8 Å². The molecule has 5 heteroatoms. The molecule has 2 rings (SSSR count). The Balaban J connectivity index is 1.91. The van der Waals surface area contributed by atoms with Gasteiger partial charge in [-0.2, -0.15) is 0 Å². The second-order valence-corrected chi connectivity index (χ2v) is 6.15. The number of aliphatic hydroxyl groups excluding tert-OH is 1. The van der Waals surface area contributed by atoms with Gasteiger partial charge in [-0.05, 0) is 38.0 Å². The molecule has 1 aliphatic carbocycles. The summed E-state index contributed by atoms with van der Waals surface area (Å²) in [4.78, 5) is 23.3. The molecule has 1 saturated carbocycles. The molecule has 2 fully saturated rings. The SMILES string of the molecule is CC1CCC(CO)(NC(=O)C2CCC(=O)NC2)CC1. The third-order valence-electron chi connectivity index (χ3n) is 4.56. The molecular weight excluding hydrogens is 244 g/mol. The number of hydrogen-bond acceptors (Lipinski definition) is 3. The minimum atomic E-state index is -0.439. The fourth-order valence-corrected chi connectivity index (χ4v) is 2.96. The topological polar surface area (TPSA) is 78.4 Å². The average Bonchev–Trinajstić information content (AvgIpc) is 2.42. The van der Waals surface area contributed by atoms with Crippen LogP contribution in [0.25, 0.3) is 0 Å². The van der Waals surface area contributed by atoms with E-state index >= 15 is 0 Å². The van der Waals surface area contributed by atoms with Crippen LogP contribution in [0.3, 0.4) is 0 Å². The number of amides is 2. The van der Waals surface area contributed by atoms with E-state index in [0.29, 0.717) is 25.3 Å². The summed E-state index contributed by atoms with van der Waals surface area (Å²) in [5, 5.41) is 15.4. The van der Waals surface area contributed by atoms with E-state index in [1.807, 2.05) is 0 Å². The molecule has 0 aromatic heterocycles. The lowest BCUT2D eigenvalue weighted by Gasteiger charge is -2.40. The normalized spacial score (nSPS) is 35.6. The summed E-state index contributed by atoms with van der Waals surface area (Å²) in [7, 11) is 0. The van der Waals surface area contributed by atoms with Gasteiger partial charge in [0, 0.05) is 13.0 Å². The van der Waals surface area contributed by atoms with Gasteiger partial charge in [-0.25, -0.2) is 0 Å². The van der Waals surface area contributed by atoms with Gasteiger partial charge in [-0.15, -0.1) is 0 Å². The molecule has 108 valence electrons. The zero-order valence-corrected chi connectivity index (χ0v) is 11.6. The maximum absolute atomic E-state index is 12.2. The Bertz CT molecular complexity index is 339. The first-order valence-electron chi connectivity index (χ1n) is 7.24. The lowest BCUT2D eigenvalue weighted by atomic mass is 9.77. The van der Waals surface area contributed by atoms with Gasteiger partial charge in [-0.1, -0.05) is 6.92 Å². The van der Waals surface area contributed by atoms with E-state index in [0.717, 1.165) is 25.7 Å². The van der Waals surface area contributed by atoms with Crippen LogP contribution >= 0.6 is 0 Å². The molecule has 0 aromatic rings. The van der Waals surface area contributed by atoms with Crippen LogP contribution in [0, 0.1) is 11.8 Å². The monoisotopic (exact) mass is 268 g/mol. The summed E-state index contributed by atoms with van der Waals surface area (Å²) in [6, 6.07) is 0. The van der Waals surface area contributed by atoms with Gasteiger partial charge < -0.3 is 15.7 Å². The maximum atomic E-state index is 12.2. The predicted molar refractivity (Wildman–Crippen MR) is 71.3 cm³/mol. The summed E-state index contributed by atoms with van der Waals surface area (Å²) in [5.74, 6) is 0.516. The van der Waals surface area contributed by atoms with E-state index in [-0.39, 0.29) is 24.3 Å². The molecule has 0 bridgehead atoms. The number of piperidine rings is 1. The molecule has 19 heavy (non-hydrogen) atoms. The molecule has 1 heterocycles. The van der Waals surface area contributed by atoms with E-state index in [4.69, 9.17) is 0 Å². The Morgan fingerprint density at radius 3 is 2.63 bits per heavy atom. The second kappa shape index (κ2) is 5.90. The third-order valence-corrected chi connectivity index (χ3v) is 4.56. The molecule has 3 N–H and O–H groups in total. The molecule has 1 saturated heterocycles. The van der Waals surface area contributed by atoms with Crippen molar-refractivity contribution in [3.8, 4) is 0 Å². The summed E-state index contributed by atoms with van der Waals surface area (Å²) in [5.41, 5.74) is -0.439. The highest BCUT2D eigenvalue weighted by Crippen LogP contribution is 2.32. The zero-order chi connectivity index (χ0) is 13.9. The Morgan fingerprint density at radius 2 is 2.11 bits per heavy atom. The first-order chi connectivity index (χ1) is 9.04. The van der Waals surface area contributed by atoms with Gasteiger partial charge in [0.1, 0.15) is 0 Å². The second-order valence-electron chi connectivity index (χ2n) is 6.15. The molecule has 1 atom stereocenters. The molecule has 2 amide bonds. The van der Waals surface area contributed by atoms with Crippen LogP contribution in [0.5, 0.6) is 0 Å². The quantitative estimate of drug-likeness (QED) is 0.700. The molecule has 1 aliphatic heterocycles. The van der Waals surface area contributed by atoms with E-state index < -0.39 is 5.54 Å². The third kappa shape index (κ3) is 3.47. The van der Waals surface area contributed by atoms with E-state index in [2.05, 4.69) is 17.6 Å². The highest BCUT2D eigenvalue weighted by atomic mass is 16.3. The fraction of sp³-hybridized carbons (Fsp3) is 0.857. The highest BCUT2D eigenvalue weighted by Gasteiger charge is 2.37. The number of hydrogen-bond donors (Lipinski definition) is 3. The van der Waals surface area contributed by atoms with Gasteiger partial charge in [0.05, 0.1) is 18.1 Å². The Morgan fingerprint density at radius 1 is 1.42 bits per heavy atom. The van der Waals surface area contributed by atoms with E-state index in [1.54, 1.807) is 0 Å². The lowest BCUT2D eigenvalue weighted by Crippen LogP contribution is -2.56. The fourth-order valence-electron chi connectivity index (χ4n) is 2.96. The summed E-state index contributed by atoms with van der Waals surface area (Å²) >= 11 is 0. The van der Waals surface area contributed by atoms with E-state index in [1.165, 1.54) is 0 Å². The minimum absolute atomic E-state index is 0.00450. The van der Waals surface area contributed by atoms with Crippen LogP contribution in [-0.4, -0.2) is 35.6 Å². The summed E-state index contributed by atoms with van der Waals surface area (Å²) in [6.07, 6.45) is 4.80. The lowest BCUT2D eigenvalue weighted by molar-refractivity contribution is -0.131. The first-order valence-corrected chi connectivity index (χ1v) is 7.24. The molecule has 0 spiro atoms. The van der Waals surface area contributed by atoms with Crippen LogP contribution in [0.2, 0.25) is 0 Å². The van der Waals surface area contributed by atoms with Gasteiger partial charge in [0.25, 0.3) is 0 Å². The van der Waals surface area contributed by atoms with Crippen molar-refractivity contribution in [1.82, 2.24) is 10.6 Å². The van der Waals surface area contributed by atoms with Crippen LogP contribution in [0.1, 0.15) is 45.4 Å². The minimum Gasteiger partial charge on any atom is -0.394 e.